The van der Waals surface area contributed by atoms with Gasteiger partial charge in [-0.05, 0) is 19.8 Å². The average Bonchev–Trinajstić information content (AvgIpc) is 3.02. The molecule has 2 aromatic heterocycles. The molecule has 0 bridgehead atoms. The summed E-state index contributed by atoms with van der Waals surface area (Å²) in [4.78, 5) is 10.7. The third kappa shape index (κ3) is 3.10. The predicted octanol–water partition coefficient (Wildman–Crippen LogP) is 3.14. The molecular formula is C14H21N5O3. The van der Waals surface area contributed by atoms with Crippen LogP contribution in [0.4, 0.5) is 11.5 Å². The smallest absolute Gasteiger partial charge is 0.333 e. The summed E-state index contributed by atoms with van der Waals surface area (Å²) in [6, 6.07) is 1.90. The lowest BCUT2D eigenvalue weighted by molar-refractivity contribution is -0.384. The molecule has 0 aromatic carbocycles. The van der Waals surface area contributed by atoms with Crippen LogP contribution in [0.1, 0.15) is 49.8 Å². The second-order valence-electron chi connectivity index (χ2n) is 5.25. The molecule has 0 saturated carbocycles. The minimum Gasteiger partial charge on any atom is -0.359 e. The molecule has 8 nitrogen and oxygen atoms in total. The molecular weight excluding hydrogens is 286 g/mol. The van der Waals surface area contributed by atoms with Crippen molar-refractivity contribution in [1.82, 2.24) is 14.9 Å². The first-order chi connectivity index (χ1) is 10.5. The normalized spacial score (nSPS) is 11.1. The van der Waals surface area contributed by atoms with Crippen molar-refractivity contribution in [3.8, 4) is 0 Å². The molecule has 0 unspecified atom stereocenters. The molecule has 0 amide bonds. The predicted molar refractivity (Wildman–Crippen MR) is 81.8 cm³/mol. The summed E-state index contributed by atoms with van der Waals surface area (Å²) in [7, 11) is 1.67. The fraction of sp³-hybridized carbons (Fsp3) is 0.571. The van der Waals surface area contributed by atoms with Gasteiger partial charge in [0.2, 0.25) is 5.82 Å². The summed E-state index contributed by atoms with van der Waals surface area (Å²) >= 11 is 0. The Labute approximate surface area is 128 Å². The molecule has 0 spiro atoms. The van der Waals surface area contributed by atoms with Crippen molar-refractivity contribution >= 4 is 11.5 Å². The summed E-state index contributed by atoms with van der Waals surface area (Å²) in [5, 5.41) is 22.3. The van der Waals surface area contributed by atoms with Crippen LogP contribution in [-0.2, 0) is 13.6 Å². The summed E-state index contributed by atoms with van der Waals surface area (Å²) in [6.45, 7) is 6.17. The van der Waals surface area contributed by atoms with Crippen LogP contribution in [0.3, 0.4) is 0 Å². The van der Waals surface area contributed by atoms with E-state index < -0.39 is 4.92 Å². The van der Waals surface area contributed by atoms with Crippen LogP contribution in [-0.4, -0.2) is 19.9 Å². The maximum atomic E-state index is 11.1. The molecule has 2 rings (SSSR count). The Bertz CT molecular complexity index is 657. The summed E-state index contributed by atoms with van der Waals surface area (Å²) < 4.78 is 6.77. The van der Waals surface area contributed by atoms with E-state index in [0.717, 1.165) is 18.5 Å². The van der Waals surface area contributed by atoms with Gasteiger partial charge in [0.15, 0.2) is 5.76 Å². The van der Waals surface area contributed by atoms with Crippen molar-refractivity contribution in [2.24, 2.45) is 7.05 Å². The van der Waals surface area contributed by atoms with Crippen LogP contribution in [0, 0.1) is 17.0 Å². The van der Waals surface area contributed by atoms with Gasteiger partial charge in [-0.1, -0.05) is 19.0 Å². The Kier molecular flexibility index (Phi) is 4.79. The van der Waals surface area contributed by atoms with Gasteiger partial charge in [0.05, 0.1) is 17.2 Å². The van der Waals surface area contributed by atoms with Crippen LogP contribution < -0.4 is 5.32 Å². The highest BCUT2D eigenvalue weighted by atomic mass is 16.6. The molecule has 0 aliphatic rings. The second kappa shape index (κ2) is 6.59. The van der Waals surface area contributed by atoms with E-state index >= 15 is 0 Å². The third-order valence-electron chi connectivity index (χ3n) is 3.78. The maximum Gasteiger partial charge on any atom is 0.333 e. The quantitative estimate of drug-likeness (QED) is 0.623. The Hall–Kier alpha value is -2.38. The number of nitrogens with one attached hydrogen (secondary N) is 1. The number of aryl methyl sites for hydroxylation is 2. The van der Waals surface area contributed by atoms with Crippen molar-refractivity contribution in [1.29, 1.82) is 0 Å². The molecule has 120 valence electrons. The largest absolute Gasteiger partial charge is 0.359 e. The highest BCUT2D eigenvalue weighted by Gasteiger charge is 2.24. The van der Waals surface area contributed by atoms with Gasteiger partial charge in [-0.25, -0.2) is 4.68 Å². The van der Waals surface area contributed by atoms with Gasteiger partial charge < -0.3 is 9.84 Å². The number of nitrogens with zero attached hydrogens (tertiary/aromatic N) is 4. The van der Waals surface area contributed by atoms with Crippen LogP contribution in [0.25, 0.3) is 0 Å². The zero-order chi connectivity index (χ0) is 16.3. The highest BCUT2D eigenvalue weighted by Crippen LogP contribution is 2.28. The molecule has 2 aromatic rings. The van der Waals surface area contributed by atoms with E-state index in [1.165, 1.54) is 4.68 Å². The molecule has 8 heteroatoms. The Morgan fingerprint density at radius 3 is 2.73 bits per heavy atom. The van der Waals surface area contributed by atoms with Crippen LogP contribution >= 0.6 is 0 Å². The SMILES string of the molecule is CCC(CC)c1cc(CNc2c([N+](=O)[O-])c(C)nn2C)on1. The van der Waals surface area contributed by atoms with E-state index in [1.54, 1.807) is 14.0 Å². The monoisotopic (exact) mass is 307 g/mol. The number of hydrogen-bond acceptors (Lipinski definition) is 6. The number of anilines is 1. The third-order valence-corrected chi connectivity index (χ3v) is 3.78. The molecule has 0 fully saturated rings. The lowest BCUT2D eigenvalue weighted by atomic mass is 9.99. The van der Waals surface area contributed by atoms with Crippen molar-refractivity contribution in [2.45, 2.75) is 46.1 Å². The van der Waals surface area contributed by atoms with Gasteiger partial charge in [0.1, 0.15) is 5.69 Å². The average molecular weight is 307 g/mol. The Morgan fingerprint density at radius 1 is 1.45 bits per heavy atom. The van der Waals surface area contributed by atoms with Gasteiger partial charge in [-0.15, -0.1) is 0 Å². The molecule has 0 aliphatic heterocycles. The van der Waals surface area contributed by atoms with Crippen molar-refractivity contribution in [3.05, 3.63) is 33.3 Å². The minimum absolute atomic E-state index is 0.0118. The number of rotatable bonds is 7. The highest BCUT2D eigenvalue weighted by molar-refractivity contribution is 5.59. The van der Waals surface area contributed by atoms with Gasteiger partial charge in [0, 0.05) is 19.0 Å². The molecule has 2 heterocycles. The van der Waals surface area contributed by atoms with E-state index in [2.05, 4.69) is 29.4 Å². The topological polar surface area (TPSA) is 99.0 Å². The Balaban J connectivity index is 2.13. The first kappa shape index (κ1) is 16.0. The first-order valence-electron chi connectivity index (χ1n) is 7.35. The van der Waals surface area contributed by atoms with Gasteiger partial charge in [-0.3, -0.25) is 10.1 Å². The van der Waals surface area contributed by atoms with Gasteiger partial charge in [-0.2, -0.15) is 5.10 Å². The van der Waals surface area contributed by atoms with E-state index in [4.69, 9.17) is 4.52 Å². The molecule has 22 heavy (non-hydrogen) atoms. The van der Waals surface area contributed by atoms with E-state index in [9.17, 15) is 10.1 Å². The molecule has 0 radical (unpaired) electrons. The molecule has 0 atom stereocenters. The van der Waals surface area contributed by atoms with Crippen molar-refractivity contribution < 1.29 is 9.45 Å². The first-order valence-corrected chi connectivity index (χ1v) is 7.35. The van der Waals surface area contributed by atoms with E-state index in [0.29, 0.717) is 29.7 Å². The number of hydrogen-bond donors (Lipinski definition) is 1. The second-order valence-corrected chi connectivity index (χ2v) is 5.25. The van der Waals surface area contributed by atoms with E-state index in [-0.39, 0.29) is 5.69 Å². The van der Waals surface area contributed by atoms with Crippen molar-refractivity contribution in [3.63, 3.8) is 0 Å². The van der Waals surface area contributed by atoms with Crippen LogP contribution in [0.15, 0.2) is 10.6 Å². The molecule has 0 aliphatic carbocycles. The van der Waals surface area contributed by atoms with Gasteiger partial charge >= 0.3 is 5.69 Å². The van der Waals surface area contributed by atoms with E-state index in [1.807, 2.05) is 6.07 Å². The number of aromatic nitrogens is 3. The molecule has 0 saturated heterocycles. The fourth-order valence-electron chi connectivity index (χ4n) is 2.55. The molecule has 1 N–H and O–H groups in total. The van der Waals surface area contributed by atoms with Crippen LogP contribution in [0.2, 0.25) is 0 Å². The Morgan fingerprint density at radius 2 is 2.14 bits per heavy atom. The standard InChI is InChI=1S/C14H21N5O3/c1-5-10(6-2)12-7-11(22-17-12)8-15-14-13(19(20)21)9(3)16-18(14)4/h7,10,15H,5-6,8H2,1-4H3. The lowest BCUT2D eigenvalue weighted by Crippen LogP contribution is -2.06. The lowest BCUT2D eigenvalue weighted by Gasteiger charge is -2.06. The van der Waals surface area contributed by atoms with Crippen molar-refractivity contribution in [2.75, 3.05) is 5.32 Å². The number of nitro groups is 1. The zero-order valence-electron chi connectivity index (χ0n) is 13.3. The van der Waals surface area contributed by atoms with Crippen LogP contribution in [0.5, 0.6) is 0 Å². The minimum atomic E-state index is -0.430. The summed E-state index contributed by atoms with van der Waals surface area (Å²) in [5.41, 5.74) is 1.30. The maximum absolute atomic E-state index is 11.1. The van der Waals surface area contributed by atoms with Gasteiger partial charge in [0.25, 0.3) is 0 Å². The summed E-state index contributed by atoms with van der Waals surface area (Å²) in [6.07, 6.45) is 2.00. The zero-order valence-corrected chi connectivity index (χ0v) is 13.3. The summed E-state index contributed by atoms with van der Waals surface area (Å²) in [5.74, 6) is 1.39. The fourth-order valence-corrected chi connectivity index (χ4v) is 2.55.